The number of halogens is 1. The molecule has 0 radical (unpaired) electrons. The quantitative estimate of drug-likeness (QED) is 0.573. The van der Waals surface area contributed by atoms with Crippen LogP contribution in [0.3, 0.4) is 0 Å². The molecule has 3 rings (SSSR count). The Morgan fingerprint density at radius 3 is 2.50 bits per heavy atom. The zero-order valence-electron chi connectivity index (χ0n) is 8.66. The van der Waals surface area contributed by atoms with Crippen molar-refractivity contribution in [3.63, 3.8) is 0 Å². The van der Waals surface area contributed by atoms with Crippen LogP contribution in [0, 0.1) is 12.7 Å². The summed E-state index contributed by atoms with van der Waals surface area (Å²) in [6.45, 7) is 2.06. The van der Waals surface area contributed by atoms with Crippen LogP contribution in [0.15, 0.2) is 36.4 Å². The van der Waals surface area contributed by atoms with E-state index in [4.69, 9.17) is 4.74 Å². The molecule has 0 amide bonds. The minimum atomic E-state index is -0.517. The van der Waals surface area contributed by atoms with Gasteiger partial charge in [0.15, 0.2) is 0 Å². The number of rotatable bonds is 0. The monoisotopic (exact) mass is 330 g/mol. The van der Waals surface area contributed by atoms with Crippen molar-refractivity contribution >= 4 is 28.1 Å². The van der Waals surface area contributed by atoms with Crippen LogP contribution in [-0.4, -0.2) is 20.9 Å². The van der Waals surface area contributed by atoms with Crippen LogP contribution < -0.4 is 12.0 Å². The Bertz CT molecular complexity index is 516. The van der Waals surface area contributed by atoms with Crippen molar-refractivity contribution < 1.29 is 9.13 Å². The van der Waals surface area contributed by atoms with Crippen molar-refractivity contribution in [2.24, 2.45) is 0 Å². The average Bonchev–Trinajstić information content (AvgIpc) is 2.26. The molecule has 0 saturated carbocycles. The van der Waals surface area contributed by atoms with Gasteiger partial charge in [0.25, 0.3) is 0 Å². The van der Waals surface area contributed by atoms with E-state index in [-0.39, 0.29) is 5.82 Å². The maximum absolute atomic E-state index is 13.1. The van der Waals surface area contributed by atoms with Gasteiger partial charge >= 0.3 is 103 Å². The number of aryl methyl sites for hydroxylation is 1. The first-order valence-corrected chi connectivity index (χ1v) is 7.31. The Balaban J connectivity index is 2.10. The van der Waals surface area contributed by atoms with Crippen LogP contribution in [0.25, 0.3) is 0 Å². The summed E-state index contributed by atoms with van der Waals surface area (Å²) in [5.41, 5.74) is 1.23. The average molecular weight is 328 g/mol. The summed E-state index contributed by atoms with van der Waals surface area (Å²) in [4.78, 5) is 0. The van der Waals surface area contributed by atoms with Crippen molar-refractivity contribution in [1.82, 2.24) is 0 Å². The summed E-state index contributed by atoms with van der Waals surface area (Å²) < 4.78 is 21.2. The molecule has 0 aromatic heterocycles. The van der Waals surface area contributed by atoms with E-state index in [2.05, 4.69) is 13.0 Å². The van der Waals surface area contributed by atoms with Gasteiger partial charge in [0.05, 0.1) is 0 Å². The van der Waals surface area contributed by atoms with E-state index in [1.165, 1.54) is 15.2 Å². The van der Waals surface area contributed by atoms with E-state index in [1.54, 1.807) is 12.1 Å². The first kappa shape index (κ1) is 10.1. The van der Waals surface area contributed by atoms with Gasteiger partial charge in [-0.15, -0.1) is 0 Å². The fourth-order valence-electron chi connectivity index (χ4n) is 1.66. The van der Waals surface area contributed by atoms with E-state index in [1.807, 2.05) is 12.1 Å². The third-order valence-electron chi connectivity index (χ3n) is 2.44. The normalized spacial score (nSPS) is 12.6. The van der Waals surface area contributed by atoms with Crippen molar-refractivity contribution in [3.8, 4) is 11.5 Å². The molecule has 16 heavy (non-hydrogen) atoms. The molecule has 2 aromatic carbocycles. The summed E-state index contributed by atoms with van der Waals surface area (Å²) >= 11 is -0.517. The van der Waals surface area contributed by atoms with E-state index in [9.17, 15) is 4.39 Å². The van der Waals surface area contributed by atoms with E-state index < -0.39 is 20.9 Å². The summed E-state index contributed by atoms with van der Waals surface area (Å²) in [5, 5.41) is 0. The molecule has 1 heterocycles. The van der Waals surface area contributed by atoms with Gasteiger partial charge in [0, 0.05) is 0 Å². The molecule has 80 valence electrons. The van der Waals surface area contributed by atoms with Gasteiger partial charge in [-0.05, 0) is 0 Å². The predicted octanol–water partition coefficient (Wildman–Crippen LogP) is 1.89. The molecular formula is C13H9FOTe. The third kappa shape index (κ3) is 1.71. The SMILES string of the molecule is Cc1ccc2c(c1)[Te]c1cc(F)ccc1O2. The maximum atomic E-state index is 13.1. The second-order valence-corrected chi connectivity index (χ2v) is 6.84. The summed E-state index contributed by atoms with van der Waals surface area (Å²) in [6, 6.07) is 11.0. The molecule has 0 saturated heterocycles. The number of benzene rings is 2. The molecule has 0 bridgehead atoms. The van der Waals surface area contributed by atoms with Gasteiger partial charge in [-0.25, -0.2) is 0 Å². The molecule has 0 fully saturated rings. The zero-order valence-corrected chi connectivity index (χ0v) is 11.0. The second-order valence-electron chi connectivity index (χ2n) is 3.75. The van der Waals surface area contributed by atoms with Crippen LogP contribution in [0.5, 0.6) is 11.5 Å². The molecule has 0 spiro atoms. The van der Waals surface area contributed by atoms with Crippen LogP contribution in [0.1, 0.15) is 5.56 Å². The molecule has 0 N–H and O–H groups in total. The van der Waals surface area contributed by atoms with Gasteiger partial charge in [-0.2, -0.15) is 0 Å². The van der Waals surface area contributed by atoms with Crippen LogP contribution in [0.2, 0.25) is 0 Å². The molecule has 2 aromatic rings. The Kier molecular flexibility index (Phi) is 2.38. The molecule has 1 aliphatic rings. The van der Waals surface area contributed by atoms with Gasteiger partial charge in [-0.1, -0.05) is 0 Å². The number of hydrogen-bond acceptors (Lipinski definition) is 1. The summed E-state index contributed by atoms with van der Waals surface area (Å²) in [7, 11) is 0. The minimum absolute atomic E-state index is 0.177. The second kappa shape index (κ2) is 3.76. The van der Waals surface area contributed by atoms with Crippen molar-refractivity contribution in [2.45, 2.75) is 6.92 Å². The number of ether oxygens (including phenoxy) is 1. The predicted molar refractivity (Wildman–Crippen MR) is 62.7 cm³/mol. The van der Waals surface area contributed by atoms with Crippen molar-refractivity contribution in [3.05, 3.63) is 47.8 Å². The fraction of sp³-hybridized carbons (Fsp3) is 0.0769. The van der Waals surface area contributed by atoms with Gasteiger partial charge < -0.3 is 0 Å². The fourth-order valence-corrected chi connectivity index (χ4v) is 4.73. The number of fused-ring (bicyclic) bond motifs is 2. The first-order chi connectivity index (χ1) is 7.72. The van der Waals surface area contributed by atoms with Gasteiger partial charge in [0.2, 0.25) is 0 Å². The standard InChI is InChI=1S/C13H9FOTe/c1-8-2-4-10-12(6-8)16-13-7-9(14)3-5-11(13)15-10/h2-7H,1H3. The summed E-state index contributed by atoms with van der Waals surface area (Å²) in [5.74, 6) is 1.58. The Morgan fingerprint density at radius 2 is 1.69 bits per heavy atom. The van der Waals surface area contributed by atoms with E-state index in [0.717, 1.165) is 15.1 Å². The molecule has 0 aliphatic carbocycles. The van der Waals surface area contributed by atoms with Crippen LogP contribution in [-0.2, 0) is 0 Å². The topological polar surface area (TPSA) is 9.23 Å². The first-order valence-electron chi connectivity index (χ1n) is 4.98. The van der Waals surface area contributed by atoms with Crippen LogP contribution in [0.4, 0.5) is 4.39 Å². The molecule has 1 nitrogen and oxygen atoms in total. The van der Waals surface area contributed by atoms with Crippen molar-refractivity contribution in [1.29, 1.82) is 0 Å². The van der Waals surface area contributed by atoms with Gasteiger partial charge in [-0.3, -0.25) is 0 Å². The molecule has 0 unspecified atom stereocenters. The molecule has 0 atom stereocenters. The molecule has 3 heteroatoms. The Hall–Kier alpha value is -1.04. The number of hydrogen-bond donors (Lipinski definition) is 0. The van der Waals surface area contributed by atoms with Crippen molar-refractivity contribution in [2.75, 3.05) is 0 Å². The van der Waals surface area contributed by atoms with Gasteiger partial charge in [0.1, 0.15) is 0 Å². The Morgan fingerprint density at radius 1 is 1.00 bits per heavy atom. The third-order valence-corrected chi connectivity index (χ3v) is 5.52. The van der Waals surface area contributed by atoms with E-state index >= 15 is 0 Å². The zero-order chi connectivity index (χ0) is 11.1. The summed E-state index contributed by atoms with van der Waals surface area (Å²) in [6.07, 6.45) is 0. The molecule has 1 aliphatic heterocycles. The van der Waals surface area contributed by atoms with Crippen LogP contribution >= 0.6 is 0 Å². The van der Waals surface area contributed by atoms with E-state index in [0.29, 0.717) is 0 Å². The molecular weight excluding hydrogens is 319 g/mol. The Labute approximate surface area is 103 Å².